The van der Waals surface area contributed by atoms with E-state index in [1.165, 1.54) is 128 Å². The Bertz CT molecular complexity index is 1530. The number of ether oxygens (including phenoxy) is 2. The van der Waals surface area contributed by atoms with E-state index >= 15 is 0 Å². The first-order valence-electron chi connectivity index (χ1n) is 25.4. The van der Waals surface area contributed by atoms with Gasteiger partial charge in [-0.05, 0) is 43.4 Å². The Morgan fingerprint density at radius 3 is 1.50 bits per heavy atom. The summed E-state index contributed by atoms with van der Waals surface area (Å²) in [4.78, 5) is 75.2. The van der Waals surface area contributed by atoms with Gasteiger partial charge in [-0.2, -0.15) is 0 Å². The molecular formula is C51H84N2NaO11P. The molecule has 3 amide bonds. The summed E-state index contributed by atoms with van der Waals surface area (Å²) < 4.78 is 33.6. The van der Waals surface area contributed by atoms with Crippen molar-refractivity contribution in [2.45, 2.75) is 219 Å². The SMILES string of the molecule is CCCCCCCCCCCCCCCC(=O)OCC(COP(=O)([O-])OCCNC(=O)CCCc1ccc(N2C(=O)C=CC2=O)cc1)OC(=O)CCCCCCCCCCCCCCC.[Na+]. The summed E-state index contributed by atoms with van der Waals surface area (Å²) in [5, 5.41) is 2.62. The number of benzene rings is 1. The van der Waals surface area contributed by atoms with Crippen molar-refractivity contribution in [1.82, 2.24) is 5.32 Å². The van der Waals surface area contributed by atoms with Crippen molar-refractivity contribution < 1.29 is 81.5 Å². The molecule has 13 nitrogen and oxygen atoms in total. The van der Waals surface area contributed by atoms with Crippen molar-refractivity contribution >= 4 is 43.2 Å². The number of nitrogens with one attached hydrogen (secondary N) is 1. The second-order valence-electron chi connectivity index (χ2n) is 17.6. The van der Waals surface area contributed by atoms with Crippen molar-refractivity contribution in [3.05, 3.63) is 42.0 Å². The predicted molar refractivity (Wildman–Crippen MR) is 255 cm³/mol. The van der Waals surface area contributed by atoms with Gasteiger partial charge in [0.05, 0.1) is 18.9 Å². The molecule has 0 aromatic heterocycles. The van der Waals surface area contributed by atoms with Crippen LogP contribution in [0.25, 0.3) is 0 Å². The third-order valence-electron chi connectivity index (χ3n) is 11.7. The molecule has 1 aromatic rings. The van der Waals surface area contributed by atoms with E-state index in [0.29, 0.717) is 31.4 Å². The number of aryl methyl sites for hydroxylation is 1. The van der Waals surface area contributed by atoms with Gasteiger partial charge in [0.25, 0.3) is 19.6 Å². The zero-order valence-corrected chi connectivity index (χ0v) is 44.1. The Hall–Kier alpha value is -2.38. The number of hydrogen-bond donors (Lipinski definition) is 1. The van der Waals surface area contributed by atoms with Crippen molar-refractivity contribution in [3.63, 3.8) is 0 Å². The summed E-state index contributed by atoms with van der Waals surface area (Å²) in [6.07, 6.45) is 33.8. The molecule has 66 heavy (non-hydrogen) atoms. The summed E-state index contributed by atoms with van der Waals surface area (Å²) >= 11 is 0. The van der Waals surface area contributed by atoms with Crippen LogP contribution in [0.3, 0.4) is 0 Å². The number of rotatable bonds is 43. The third-order valence-corrected chi connectivity index (χ3v) is 12.6. The molecule has 2 rings (SSSR count). The first-order valence-corrected chi connectivity index (χ1v) is 26.9. The van der Waals surface area contributed by atoms with Crippen LogP contribution in [-0.4, -0.2) is 62.1 Å². The molecule has 0 fully saturated rings. The Balaban J connectivity index is 0.0000218. The number of carbonyl (C=O) groups excluding carboxylic acids is 5. The van der Waals surface area contributed by atoms with E-state index in [-0.39, 0.29) is 74.5 Å². The minimum absolute atomic E-state index is 0. The average molecular weight is 955 g/mol. The molecule has 0 spiro atoms. The fraction of sp³-hybridized carbons (Fsp3) is 0.745. The number of phosphoric acid groups is 1. The third kappa shape index (κ3) is 32.4. The number of amides is 3. The zero-order valence-electron chi connectivity index (χ0n) is 41.2. The maximum absolute atomic E-state index is 12.8. The Kier molecular flexibility index (Phi) is 37.8. The van der Waals surface area contributed by atoms with Gasteiger partial charge in [0.1, 0.15) is 6.61 Å². The predicted octanol–water partition coefficient (Wildman–Crippen LogP) is 8.48. The topological polar surface area (TPSA) is 178 Å². The summed E-state index contributed by atoms with van der Waals surface area (Å²) in [5.74, 6) is -2.02. The smallest absolute Gasteiger partial charge is 0.756 e. The van der Waals surface area contributed by atoms with Crippen molar-refractivity contribution in [2.24, 2.45) is 0 Å². The van der Waals surface area contributed by atoms with Crippen LogP contribution in [0.15, 0.2) is 36.4 Å². The van der Waals surface area contributed by atoms with Gasteiger partial charge in [0.15, 0.2) is 6.10 Å². The normalized spacial score (nSPS) is 13.7. The van der Waals surface area contributed by atoms with Gasteiger partial charge >= 0.3 is 41.5 Å². The van der Waals surface area contributed by atoms with E-state index < -0.39 is 44.3 Å². The number of hydrogen-bond acceptors (Lipinski definition) is 11. The van der Waals surface area contributed by atoms with Gasteiger partial charge in [0, 0.05) is 38.0 Å². The summed E-state index contributed by atoms with van der Waals surface area (Å²) in [7, 11) is -4.86. The molecule has 0 aliphatic carbocycles. The number of esters is 2. The largest absolute Gasteiger partial charge is 1.00 e. The maximum Gasteiger partial charge on any atom is 1.00 e. The van der Waals surface area contributed by atoms with Gasteiger partial charge in [-0.1, -0.05) is 180 Å². The van der Waals surface area contributed by atoms with Crippen molar-refractivity contribution in [2.75, 3.05) is 31.3 Å². The van der Waals surface area contributed by atoms with E-state index in [9.17, 15) is 33.4 Å². The summed E-state index contributed by atoms with van der Waals surface area (Å²) in [5.41, 5.74) is 1.40. The van der Waals surface area contributed by atoms with E-state index in [2.05, 4.69) is 19.2 Å². The molecule has 0 saturated carbocycles. The first kappa shape index (κ1) is 61.6. The maximum atomic E-state index is 12.8. The molecule has 0 radical (unpaired) electrons. The molecule has 370 valence electrons. The van der Waals surface area contributed by atoms with Crippen molar-refractivity contribution in [1.29, 1.82) is 0 Å². The molecule has 0 saturated heterocycles. The molecule has 2 atom stereocenters. The standard InChI is InChI=1S/C51H85N2O11P.Na/c1-3-5-7-9-11-13-15-17-19-21-23-25-27-32-50(57)61-42-46(64-51(58)33-28-26-24-22-20-18-16-14-12-10-8-6-4-2)43-63-65(59,60)62-41-40-52-47(54)31-29-30-44-34-36-45(37-35-44)53-48(55)38-39-49(53)56;/h34-39,46H,3-33,40-43H2,1-2H3,(H,52,54)(H,59,60);/q;+1/p-1. The van der Waals surface area contributed by atoms with Gasteiger partial charge in [-0.15, -0.1) is 0 Å². The number of phosphoric ester groups is 1. The van der Waals surface area contributed by atoms with Crippen LogP contribution in [0.4, 0.5) is 5.69 Å². The van der Waals surface area contributed by atoms with Gasteiger partial charge in [-0.25, -0.2) is 4.90 Å². The first-order chi connectivity index (χ1) is 31.5. The van der Waals surface area contributed by atoms with E-state index in [1.54, 1.807) is 24.3 Å². The zero-order chi connectivity index (χ0) is 47.2. The molecule has 1 aliphatic heterocycles. The molecule has 2 unspecified atom stereocenters. The number of imide groups is 1. The minimum atomic E-state index is -4.86. The Labute approximate surface area is 419 Å². The van der Waals surface area contributed by atoms with Gasteiger partial charge in [-0.3, -0.25) is 28.5 Å². The van der Waals surface area contributed by atoms with Gasteiger partial charge < -0.3 is 28.7 Å². The minimum Gasteiger partial charge on any atom is -0.756 e. The Morgan fingerprint density at radius 2 is 1.03 bits per heavy atom. The fourth-order valence-corrected chi connectivity index (χ4v) is 8.50. The number of anilines is 1. The van der Waals surface area contributed by atoms with Crippen molar-refractivity contribution in [3.8, 4) is 0 Å². The van der Waals surface area contributed by atoms with Crippen LogP contribution in [0.2, 0.25) is 0 Å². The molecule has 1 aliphatic rings. The summed E-state index contributed by atoms with van der Waals surface area (Å²) in [6, 6.07) is 6.95. The second kappa shape index (κ2) is 40.5. The van der Waals surface area contributed by atoms with E-state index in [4.69, 9.17) is 18.5 Å². The fourth-order valence-electron chi connectivity index (χ4n) is 7.76. The Morgan fingerprint density at radius 1 is 0.591 bits per heavy atom. The van der Waals surface area contributed by atoms with Crippen LogP contribution in [0.5, 0.6) is 0 Å². The molecular weight excluding hydrogens is 871 g/mol. The molecule has 1 aromatic carbocycles. The quantitative estimate of drug-likeness (QED) is 0.0218. The summed E-state index contributed by atoms with van der Waals surface area (Å²) in [6.45, 7) is 3.11. The molecule has 0 bridgehead atoms. The van der Waals surface area contributed by atoms with E-state index in [0.717, 1.165) is 49.0 Å². The van der Waals surface area contributed by atoms with Crippen LogP contribution >= 0.6 is 7.82 Å². The molecule has 1 N–H and O–H groups in total. The number of unbranched alkanes of at least 4 members (excludes halogenated alkanes) is 24. The number of nitrogens with zero attached hydrogens (tertiary/aromatic N) is 1. The van der Waals surface area contributed by atoms with Crippen LogP contribution in [0, 0.1) is 0 Å². The second-order valence-corrected chi connectivity index (χ2v) is 19.0. The van der Waals surface area contributed by atoms with Crippen LogP contribution in [0.1, 0.15) is 212 Å². The van der Waals surface area contributed by atoms with Gasteiger partial charge in [0.2, 0.25) is 5.91 Å². The molecule has 1 heterocycles. The monoisotopic (exact) mass is 955 g/mol. The van der Waals surface area contributed by atoms with E-state index in [1.807, 2.05) is 0 Å². The molecule has 15 heteroatoms. The van der Waals surface area contributed by atoms with Crippen LogP contribution < -0.4 is 44.7 Å². The average Bonchev–Trinajstić information content (AvgIpc) is 3.63. The van der Waals surface area contributed by atoms with Crippen LogP contribution in [-0.2, 0) is 53.5 Å². The number of carbonyl (C=O) groups is 5.